The van der Waals surface area contributed by atoms with Gasteiger partial charge in [-0.25, -0.2) is 4.90 Å². The van der Waals surface area contributed by atoms with Crippen molar-refractivity contribution in [1.82, 2.24) is 5.32 Å². The van der Waals surface area contributed by atoms with Gasteiger partial charge in [-0.2, -0.15) is 10.5 Å². The highest BCUT2D eigenvalue weighted by atomic mass is 16.2. The van der Waals surface area contributed by atoms with Crippen LogP contribution in [-0.2, 0) is 10.2 Å². The zero-order chi connectivity index (χ0) is 45.7. The number of rotatable bonds is 9. The lowest BCUT2D eigenvalue weighted by Crippen LogP contribution is -2.40. The van der Waals surface area contributed by atoms with Crippen molar-refractivity contribution < 1.29 is 19.2 Å². The molecule has 1 aliphatic heterocycles. The molecule has 316 valence electrons. The lowest BCUT2D eigenvalue weighted by Gasteiger charge is -2.30. The van der Waals surface area contributed by atoms with E-state index in [1.807, 2.05) is 65.6 Å². The summed E-state index contributed by atoms with van der Waals surface area (Å²) in [7, 11) is 0. The molecule has 0 saturated heterocycles. The lowest BCUT2D eigenvalue weighted by molar-refractivity contribution is -0.108. The Hall–Kier alpha value is -8.34. The van der Waals surface area contributed by atoms with Gasteiger partial charge in [-0.3, -0.25) is 24.5 Å². The third-order valence-corrected chi connectivity index (χ3v) is 10.9. The third kappa shape index (κ3) is 8.46. The maximum atomic E-state index is 14.1. The molecule has 7 aromatic carbocycles. The molecule has 10 heteroatoms. The molecule has 10 nitrogen and oxygen atoms in total. The van der Waals surface area contributed by atoms with Gasteiger partial charge in [0.05, 0.1) is 29.0 Å². The Kier molecular flexibility index (Phi) is 12.5. The summed E-state index contributed by atoms with van der Waals surface area (Å²) in [6.07, 6.45) is 1.55. The fourth-order valence-electron chi connectivity index (χ4n) is 7.79. The Balaban J connectivity index is 0.00000199. The molecule has 4 amide bonds. The minimum absolute atomic E-state index is 0.0192. The van der Waals surface area contributed by atoms with Crippen molar-refractivity contribution in [2.75, 3.05) is 14.7 Å². The maximum Gasteiger partial charge on any atom is 0.265 e. The van der Waals surface area contributed by atoms with E-state index in [9.17, 15) is 29.7 Å². The molecule has 1 N–H and O–H groups in total. The average molecular weight is 843 g/mol. The molecule has 0 unspecified atom stereocenters. The molecular weight excluding hydrogens is 797 g/mol. The van der Waals surface area contributed by atoms with E-state index in [2.05, 4.69) is 81.2 Å². The summed E-state index contributed by atoms with van der Waals surface area (Å²) in [5, 5.41) is 22.0. The molecule has 8 rings (SSSR count). The van der Waals surface area contributed by atoms with Crippen LogP contribution < -0.4 is 20.0 Å². The SMILES string of the molecule is CCC.Cc1ccc2c3c(ccc(C(=O)NC=O)c13)C(=O)N(c1ccc(N(c3ccc(C#N)cc3)c3ccc(N(c4ccc(C#N)cc4)c4ccc(C(C)(C)C)cc4)cc3)cc1)C2=O. The second kappa shape index (κ2) is 18.3. The number of hydrogen-bond acceptors (Lipinski definition) is 8. The number of nitrogens with zero attached hydrogens (tertiary/aromatic N) is 5. The smallest absolute Gasteiger partial charge is 0.265 e. The Morgan fingerprint density at radius 2 is 0.969 bits per heavy atom. The molecule has 0 spiro atoms. The molecule has 1 heterocycles. The van der Waals surface area contributed by atoms with E-state index in [1.54, 1.807) is 55.5 Å². The highest BCUT2D eigenvalue weighted by molar-refractivity contribution is 6.37. The molecule has 0 radical (unpaired) electrons. The second-order valence-electron chi connectivity index (χ2n) is 16.4. The van der Waals surface area contributed by atoms with Gasteiger partial charge in [-0.1, -0.05) is 59.2 Å². The number of amides is 4. The largest absolute Gasteiger partial charge is 0.311 e. The first kappa shape index (κ1) is 43.7. The first-order valence-electron chi connectivity index (χ1n) is 20.9. The summed E-state index contributed by atoms with van der Waals surface area (Å²) in [6, 6.07) is 49.0. The van der Waals surface area contributed by atoms with Gasteiger partial charge < -0.3 is 9.80 Å². The zero-order valence-electron chi connectivity index (χ0n) is 36.5. The molecule has 64 heavy (non-hydrogen) atoms. The summed E-state index contributed by atoms with van der Waals surface area (Å²) < 4.78 is 0. The van der Waals surface area contributed by atoms with Gasteiger partial charge in [-0.15, -0.1) is 0 Å². The Bertz CT molecular complexity index is 2950. The van der Waals surface area contributed by atoms with Crippen LogP contribution in [0.3, 0.4) is 0 Å². The molecule has 0 atom stereocenters. The van der Waals surface area contributed by atoms with Gasteiger partial charge in [0.1, 0.15) is 0 Å². The quantitative estimate of drug-likeness (QED) is 0.112. The van der Waals surface area contributed by atoms with Crippen LogP contribution >= 0.6 is 0 Å². The van der Waals surface area contributed by atoms with Crippen molar-refractivity contribution in [2.24, 2.45) is 0 Å². The molecule has 0 aromatic heterocycles. The number of anilines is 7. The second-order valence-corrected chi connectivity index (χ2v) is 16.4. The Morgan fingerprint density at radius 3 is 1.36 bits per heavy atom. The number of hydrogen-bond donors (Lipinski definition) is 1. The van der Waals surface area contributed by atoms with Crippen LogP contribution in [0.15, 0.2) is 146 Å². The summed E-state index contributed by atoms with van der Waals surface area (Å²) in [5.74, 6) is -1.71. The number of nitriles is 2. The van der Waals surface area contributed by atoms with Gasteiger partial charge in [-0.05, 0) is 156 Å². The topological polar surface area (TPSA) is 138 Å². The van der Waals surface area contributed by atoms with Crippen LogP contribution in [0.25, 0.3) is 10.8 Å². The number of carbonyl (C=O) groups excluding carboxylic acids is 4. The summed E-state index contributed by atoms with van der Waals surface area (Å²) >= 11 is 0. The highest BCUT2D eigenvalue weighted by Crippen LogP contribution is 2.41. The fourth-order valence-corrected chi connectivity index (χ4v) is 7.79. The van der Waals surface area contributed by atoms with E-state index < -0.39 is 17.7 Å². The summed E-state index contributed by atoms with van der Waals surface area (Å²) in [6.45, 7) is 12.6. The molecule has 1 aliphatic rings. The molecule has 7 aromatic rings. The van der Waals surface area contributed by atoms with Crippen molar-refractivity contribution in [3.63, 3.8) is 0 Å². The third-order valence-electron chi connectivity index (χ3n) is 10.9. The van der Waals surface area contributed by atoms with Crippen molar-refractivity contribution in [3.05, 3.63) is 185 Å². The van der Waals surface area contributed by atoms with Crippen LogP contribution in [0.2, 0.25) is 0 Å². The summed E-state index contributed by atoms with van der Waals surface area (Å²) in [4.78, 5) is 57.4. The van der Waals surface area contributed by atoms with Crippen molar-refractivity contribution in [2.45, 2.75) is 53.4 Å². The summed E-state index contributed by atoms with van der Waals surface area (Å²) in [5.41, 5.74) is 9.04. The number of nitrogens with one attached hydrogen (secondary N) is 1. The van der Waals surface area contributed by atoms with Crippen LogP contribution in [0.1, 0.15) is 94.4 Å². The maximum absolute atomic E-state index is 14.1. The number of carbonyl (C=O) groups is 4. The van der Waals surface area contributed by atoms with E-state index in [0.717, 1.165) is 39.0 Å². The van der Waals surface area contributed by atoms with Crippen LogP contribution in [0, 0.1) is 29.6 Å². The Labute approximate surface area is 373 Å². The van der Waals surface area contributed by atoms with Gasteiger partial charge in [0.2, 0.25) is 6.41 Å². The van der Waals surface area contributed by atoms with Gasteiger partial charge >= 0.3 is 0 Å². The van der Waals surface area contributed by atoms with Crippen molar-refractivity contribution in [1.29, 1.82) is 10.5 Å². The Morgan fingerprint density at radius 1 is 0.594 bits per heavy atom. The molecular formula is C54H46N6O4. The van der Waals surface area contributed by atoms with E-state index in [0.29, 0.717) is 39.6 Å². The van der Waals surface area contributed by atoms with Crippen molar-refractivity contribution >= 4 is 74.7 Å². The van der Waals surface area contributed by atoms with E-state index in [-0.39, 0.29) is 22.1 Å². The minimum atomic E-state index is -0.629. The van der Waals surface area contributed by atoms with Gasteiger partial charge in [0, 0.05) is 56.2 Å². The molecule has 0 fully saturated rings. The predicted octanol–water partition coefficient (Wildman–Crippen LogP) is 12.2. The zero-order valence-corrected chi connectivity index (χ0v) is 36.5. The predicted molar refractivity (Wildman–Crippen MR) is 253 cm³/mol. The van der Waals surface area contributed by atoms with Crippen LogP contribution in [0.4, 0.5) is 39.8 Å². The molecule has 0 bridgehead atoms. The normalized spacial score (nSPS) is 11.8. The van der Waals surface area contributed by atoms with E-state index in [4.69, 9.17) is 0 Å². The number of imide groups is 2. The van der Waals surface area contributed by atoms with Gasteiger partial charge in [0.25, 0.3) is 17.7 Å². The van der Waals surface area contributed by atoms with E-state index >= 15 is 0 Å². The fraction of sp³-hybridized carbons (Fsp3) is 0.148. The van der Waals surface area contributed by atoms with E-state index in [1.165, 1.54) is 24.1 Å². The molecule has 0 aliphatic carbocycles. The number of aryl methyl sites for hydroxylation is 1. The highest BCUT2D eigenvalue weighted by Gasteiger charge is 2.35. The van der Waals surface area contributed by atoms with Gasteiger partial charge in [0.15, 0.2) is 0 Å². The first-order valence-corrected chi connectivity index (χ1v) is 20.9. The van der Waals surface area contributed by atoms with Crippen LogP contribution in [0.5, 0.6) is 0 Å². The molecule has 0 saturated carbocycles. The average Bonchev–Trinajstić information content (AvgIpc) is 3.30. The lowest BCUT2D eigenvalue weighted by atomic mass is 9.87. The monoisotopic (exact) mass is 842 g/mol. The minimum Gasteiger partial charge on any atom is -0.311 e. The first-order chi connectivity index (χ1) is 30.8. The van der Waals surface area contributed by atoms with Crippen molar-refractivity contribution in [3.8, 4) is 12.1 Å². The number of benzene rings is 7. The van der Waals surface area contributed by atoms with Crippen LogP contribution in [-0.4, -0.2) is 24.1 Å². The standard InChI is InChI=1S/C51H38N6O4.C3H8/c1-32-5-26-44-47-45(28-27-43(46(32)47)48(59)54-31-58)50(61)57(49(44)60)42-24-22-41(23-25-42)56(37-14-8-34(30-53)9-15-37)40-20-18-39(19-21-40)55(36-12-6-33(29-52)7-13-36)38-16-10-35(11-17-38)51(2,3)4;1-3-2/h5-28,31H,1-4H3,(H,54,58,59);3H2,1-2H3.